The van der Waals surface area contributed by atoms with Crippen molar-refractivity contribution < 1.29 is 14.6 Å². The van der Waals surface area contributed by atoms with E-state index < -0.39 is 5.97 Å². The third-order valence-electron chi connectivity index (χ3n) is 3.11. The van der Waals surface area contributed by atoms with Crippen LogP contribution in [0.4, 0.5) is 5.69 Å². The minimum Gasteiger partial charge on any atom is -0.478 e. The molecule has 1 fully saturated rings. The molecular weight excluding hydrogens is 254 g/mol. The highest BCUT2D eigenvalue weighted by molar-refractivity contribution is 6.33. The summed E-state index contributed by atoms with van der Waals surface area (Å²) in [5.74, 6) is -0.966. The smallest absolute Gasteiger partial charge is 0.335 e. The number of halogens is 1. The van der Waals surface area contributed by atoms with Crippen LogP contribution in [0.2, 0.25) is 5.02 Å². The highest BCUT2D eigenvalue weighted by Gasteiger charge is 2.25. The van der Waals surface area contributed by atoms with Crippen LogP contribution in [0.25, 0.3) is 0 Å². The van der Waals surface area contributed by atoms with E-state index in [1.807, 2.05) is 6.92 Å². The number of hydrogen-bond donors (Lipinski definition) is 1. The highest BCUT2D eigenvalue weighted by atomic mass is 35.5. The molecule has 1 heterocycles. The van der Waals surface area contributed by atoms with Crippen LogP contribution >= 0.6 is 11.6 Å². The van der Waals surface area contributed by atoms with E-state index in [2.05, 4.69) is 11.8 Å². The van der Waals surface area contributed by atoms with Crippen molar-refractivity contribution in [2.75, 3.05) is 18.1 Å². The maximum atomic E-state index is 10.9. The normalized spacial score (nSPS) is 24.1. The summed E-state index contributed by atoms with van der Waals surface area (Å²) in [6.45, 7) is 5.48. The van der Waals surface area contributed by atoms with E-state index in [0.717, 1.165) is 12.2 Å². The van der Waals surface area contributed by atoms with Crippen LogP contribution in [-0.2, 0) is 4.74 Å². The molecule has 5 heteroatoms. The minimum absolute atomic E-state index is 0.149. The summed E-state index contributed by atoms with van der Waals surface area (Å²) in [6, 6.07) is 5.07. The minimum atomic E-state index is -0.966. The number of carboxylic acid groups (broad SMARTS) is 1. The third kappa shape index (κ3) is 2.60. The summed E-state index contributed by atoms with van der Waals surface area (Å²) in [5, 5.41) is 9.38. The molecule has 98 valence electrons. The fourth-order valence-corrected chi connectivity index (χ4v) is 2.40. The molecule has 1 aliphatic rings. The Morgan fingerprint density at radius 3 is 2.83 bits per heavy atom. The van der Waals surface area contributed by atoms with Crippen LogP contribution < -0.4 is 4.90 Å². The second kappa shape index (κ2) is 5.16. The number of anilines is 1. The maximum Gasteiger partial charge on any atom is 0.335 e. The topological polar surface area (TPSA) is 49.8 Å². The summed E-state index contributed by atoms with van der Waals surface area (Å²) in [5.41, 5.74) is 1.07. The Bertz CT molecular complexity index is 464. The molecule has 1 aromatic rings. The van der Waals surface area contributed by atoms with Gasteiger partial charge in [-0.05, 0) is 32.0 Å². The number of rotatable bonds is 2. The van der Waals surface area contributed by atoms with Gasteiger partial charge in [-0.2, -0.15) is 0 Å². The number of aromatic carboxylic acids is 1. The van der Waals surface area contributed by atoms with E-state index in [1.165, 1.54) is 6.07 Å². The van der Waals surface area contributed by atoms with Crippen molar-refractivity contribution in [2.24, 2.45) is 0 Å². The molecule has 4 nitrogen and oxygen atoms in total. The Hall–Kier alpha value is -1.26. The predicted octanol–water partition coefficient (Wildman–Crippen LogP) is 2.65. The van der Waals surface area contributed by atoms with E-state index >= 15 is 0 Å². The summed E-state index contributed by atoms with van der Waals surface area (Å²) in [7, 11) is 0. The number of ether oxygens (including phenoxy) is 1. The van der Waals surface area contributed by atoms with Crippen molar-refractivity contribution >= 4 is 23.3 Å². The zero-order valence-corrected chi connectivity index (χ0v) is 11.1. The summed E-state index contributed by atoms with van der Waals surface area (Å²) in [4.78, 5) is 13.0. The standard InChI is InChI=1S/C13H16ClNO3/c1-8-7-18-9(2)6-15(8)12-4-3-10(13(16)17)5-11(12)14/h3-5,8-9H,6-7H2,1-2H3,(H,16,17). The van der Waals surface area contributed by atoms with E-state index in [0.29, 0.717) is 11.6 Å². The Morgan fingerprint density at radius 1 is 1.50 bits per heavy atom. The molecule has 18 heavy (non-hydrogen) atoms. The number of benzene rings is 1. The van der Waals surface area contributed by atoms with Crippen LogP contribution in [0.5, 0.6) is 0 Å². The fraction of sp³-hybridized carbons (Fsp3) is 0.462. The maximum absolute atomic E-state index is 10.9. The number of nitrogens with zero attached hydrogens (tertiary/aromatic N) is 1. The van der Waals surface area contributed by atoms with Gasteiger partial charge in [0.1, 0.15) is 0 Å². The molecule has 0 spiro atoms. The molecule has 0 amide bonds. The lowest BCUT2D eigenvalue weighted by Gasteiger charge is -2.39. The lowest BCUT2D eigenvalue weighted by atomic mass is 10.1. The lowest BCUT2D eigenvalue weighted by molar-refractivity contribution is 0.0344. The molecule has 1 aromatic carbocycles. The summed E-state index contributed by atoms with van der Waals surface area (Å²) >= 11 is 6.17. The second-order valence-corrected chi connectivity index (χ2v) is 5.02. The summed E-state index contributed by atoms with van der Waals surface area (Å²) in [6.07, 6.45) is 0.149. The number of morpholine rings is 1. The van der Waals surface area contributed by atoms with Crippen LogP contribution in [0, 0.1) is 0 Å². The van der Waals surface area contributed by atoms with Crippen LogP contribution in [0.1, 0.15) is 24.2 Å². The van der Waals surface area contributed by atoms with Gasteiger partial charge in [-0.3, -0.25) is 0 Å². The van der Waals surface area contributed by atoms with E-state index in [9.17, 15) is 4.79 Å². The van der Waals surface area contributed by atoms with Crippen molar-refractivity contribution in [3.63, 3.8) is 0 Å². The molecule has 2 unspecified atom stereocenters. The van der Waals surface area contributed by atoms with Crippen molar-refractivity contribution in [1.82, 2.24) is 0 Å². The van der Waals surface area contributed by atoms with Gasteiger partial charge in [0.05, 0.1) is 29.0 Å². The Balaban J connectivity index is 2.30. The molecule has 2 rings (SSSR count). The van der Waals surface area contributed by atoms with Crippen molar-refractivity contribution in [1.29, 1.82) is 0 Å². The predicted molar refractivity (Wildman–Crippen MR) is 70.6 cm³/mol. The first-order valence-corrected chi connectivity index (χ1v) is 6.28. The van der Waals surface area contributed by atoms with Gasteiger partial charge in [0.2, 0.25) is 0 Å². The van der Waals surface area contributed by atoms with E-state index in [1.54, 1.807) is 12.1 Å². The largest absolute Gasteiger partial charge is 0.478 e. The highest BCUT2D eigenvalue weighted by Crippen LogP contribution is 2.30. The first kappa shape index (κ1) is 13.2. The van der Waals surface area contributed by atoms with Crippen LogP contribution in [0.3, 0.4) is 0 Å². The molecule has 1 saturated heterocycles. The van der Waals surface area contributed by atoms with Gasteiger partial charge in [-0.15, -0.1) is 0 Å². The number of hydrogen-bond acceptors (Lipinski definition) is 3. The van der Waals surface area contributed by atoms with Gasteiger partial charge < -0.3 is 14.7 Å². The lowest BCUT2D eigenvalue weighted by Crippen LogP contribution is -2.47. The van der Waals surface area contributed by atoms with Gasteiger partial charge in [-0.1, -0.05) is 11.6 Å². The SMILES string of the molecule is CC1CN(c2ccc(C(=O)O)cc2Cl)C(C)CO1. The van der Waals surface area contributed by atoms with E-state index in [-0.39, 0.29) is 17.7 Å². The number of carboxylic acids is 1. The molecule has 0 aliphatic carbocycles. The second-order valence-electron chi connectivity index (χ2n) is 4.62. The third-order valence-corrected chi connectivity index (χ3v) is 3.41. The fourth-order valence-electron chi connectivity index (χ4n) is 2.11. The molecule has 2 atom stereocenters. The van der Waals surface area contributed by atoms with Crippen molar-refractivity contribution in [3.05, 3.63) is 28.8 Å². The first-order chi connectivity index (χ1) is 8.49. The van der Waals surface area contributed by atoms with Crippen LogP contribution in [0.15, 0.2) is 18.2 Å². The molecule has 0 aromatic heterocycles. The molecule has 1 N–H and O–H groups in total. The van der Waals surface area contributed by atoms with Gasteiger partial charge >= 0.3 is 5.97 Å². The molecular formula is C13H16ClNO3. The Morgan fingerprint density at radius 2 is 2.22 bits per heavy atom. The van der Waals surface area contributed by atoms with Crippen molar-refractivity contribution in [2.45, 2.75) is 26.0 Å². The van der Waals surface area contributed by atoms with Gasteiger partial charge in [0.25, 0.3) is 0 Å². The molecule has 1 aliphatic heterocycles. The van der Waals surface area contributed by atoms with Gasteiger partial charge in [0, 0.05) is 12.6 Å². The monoisotopic (exact) mass is 269 g/mol. The zero-order chi connectivity index (χ0) is 13.3. The Labute approximate surface area is 111 Å². The van der Waals surface area contributed by atoms with Crippen molar-refractivity contribution in [3.8, 4) is 0 Å². The van der Waals surface area contributed by atoms with Gasteiger partial charge in [0.15, 0.2) is 0 Å². The average Bonchev–Trinajstić information content (AvgIpc) is 2.32. The average molecular weight is 270 g/mol. The first-order valence-electron chi connectivity index (χ1n) is 5.90. The molecule has 0 saturated carbocycles. The molecule has 0 radical (unpaired) electrons. The number of carbonyl (C=O) groups is 1. The zero-order valence-electron chi connectivity index (χ0n) is 10.4. The van der Waals surface area contributed by atoms with Crippen LogP contribution in [-0.4, -0.2) is 36.4 Å². The quantitative estimate of drug-likeness (QED) is 0.897. The Kier molecular flexibility index (Phi) is 3.78. The van der Waals surface area contributed by atoms with E-state index in [4.69, 9.17) is 21.4 Å². The summed E-state index contributed by atoms with van der Waals surface area (Å²) < 4.78 is 5.56. The van der Waals surface area contributed by atoms with Gasteiger partial charge in [-0.25, -0.2) is 4.79 Å². The molecule has 0 bridgehead atoms.